The molecule has 3 rings (SSSR count). The molecule has 0 bridgehead atoms. The van der Waals surface area contributed by atoms with Crippen LogP contribution in [0.1, 0.15) is 49.4 Å². The van der Waals surface area contributed by atoms with Crippen molar-refractivity contribution in [2.24, 2.45) is 0 Å². The van der Waals surface area contributed by atoms with Crippen LogP contribution in [0.15, 0.2) is 29.6 Å². The van der Waals surface area contributed by atoms with Crippen molar-refractivity contribution in [1.29, 1.82) is 0 Å². The van der Waals surface area contributed by atoms with E-state index in [0.717, 1.165) is 22.9 Å². The molecule has 0 radical (unpaired) electrons. The summed E-state index contributed by atoms with van der Waals surface area (Å²) in [5, 5.41) is 6.18. The van der Waals surface area contributed by atoms with Crippen LogP contribution in [0, 0.1) is 0 Å². The molecule has 1 N–H and O–H groups in total. The number of amides is 1. The van der Waals surface area contributed by atoms with Crippen molar-refractivity contribution in [3.63, 3.8) is 0 Å². The van der Waals surface area contributed by atoms with Gasteiger partial charge in [-0.25, -0.2) is 4.98 Å². The van der Waals surface area contributed by atoms with E-state index in [0.29, 0.717) is 12.3 Å². The highest BCUT2D eigenvalue weighted by Crippen LogP contribution is 2.44. The van der Waals surface area contributed by atoms with Gasteiger partial charge in [-0.2, -0.15) is 0 Å². The molecule has 0 unspecified atom stereocenters. The van der Waals surface area contributed by atoms with E-state index in [9.17, 15) is 4.79 Å². The van der Waals surface area contributed by atoms with Gasteiger partial charge in [0.1, 0.15) is 5.75 Å². The summed E-state index contributed by atoms with van der Waals surface area (Å²) in [7, 11) is 1.68. The minimum Gasteiger partial charge on any atom is -0.496 e. The molecule has 1 aliphatic rings. The third-order valence-electron chi connectivity index (χ3n) is 4.21. The van der Waals surface area contributed by atoms with E-state index >= 15 is 0 Å². The van der Waals surface area contributed by atoms with E-state index in [-0.39, 0.29) is 17.4 Å². The quantitative estimate of drug-likeness (QED) is 0.900. The highest BCUT2D eigenvalue weighted by atomic mass is 32.1. The minimum atomic E-state index is 0.0326. The molecule has 1 aliphatic carbocycles. The molecule has 1 saturated carbocycles. The SMILES string of the molecule is COc1ccccc1[C@H]1C[C@@H]1NC(=O)Cc1csc(C(C)(C)C)n1. The molecule has 1 amide bonds. The first-order valence-electron chi connectivity index (χ1n) is 8.25. The van der Waals surface area contributed by atoms with Crippen LogP contribution in [-0.4, -0.2) is 24.0 Å². The zero-order chi connectivity index (χ0) is 17.3. The molecular formula is C19H24N2O2S. The Morgan fingerprint density at radius 3 is 2.79 bits per heavy atom. The van der Waals surface area contributed by atoms with Gasteiger partial charge < -0.3 is 10.1 Å². The molecule has 0 spiro atoms. The predicted molar refractivity (Wildman–Crippen MR) is 96.8 cm³/mol. The van der Waals surface area contributed by atoms with Gasteiger partial charge in [-0.05, 0) is 18.1 Å². The Kier molecular flexibility index (Phi) is 4.63. The maximum Gasteiger partial charge on any atom is 0.226 e. The van der Waals surface area contributed by atoms with Crippen molar-refractivity contribution in [3.05, 3.63) is 45.9 Å². The lowest BCUT2D eigenvalue weighted by Crippen LogP contribution is -2.28. The second-order valence-electron chi connectivity index (χ2n) is 7.33. The Balaban J connectivity index is 1.56. The van der Waals surface area contributed by atoms with Gasteiger partial charge in [0.05, 0.1) is 24.2 Å². The number of ether oxygens (including phenoxy) is 1. The minimum absolute atomic E-state index is 0.0326. The second kappa shape index (κ2) is 6.55. The first kappa shape index (κ1) is 17.0. The first-order chi connectivity index (χ1) is 11.4. The van der Waals surface area contributed by atoms with Crippen molar-refractivity contribution < 1.29 is 9.53 Å². The topological polar surface area (TPSA) is 51.2 Å². The van der Waals surface area contributed by atoms with Crippen LogP contribution in [0.4, 0.5) is 0 Å². The van der Waals surface area contributed by atoms with Gasteiger partial charge in [0.15, 0.2) is 0 Å². The molecule has 2 aromatic rings. The summed E-state index contributed by atoms with van der Waals surface area (Å²) in [6.07, 6.45) is 1.32. The summed E-state index contributed by atoms with van der Waals surface area (Å²) in [6.45, 7) is 6.41. The number of aromatic nitrogens is 1. The van der Waals surface area contributed by atoms with Crippen LogP contribution in [0.2, 0.25) is 0 Å². The molecule has 4 nitrogen and oxygen atoms in total. The number of nitrogens with one attached hydrogen (secondary N) is 1. The Morgan fingerprint density at radius 1 is 1.38 bits per heavy atom. The standard InChI is InChI=1S/C19H24N2O2S/c1-19(2,3)18-20-12(11-24-18)9-17(22)21-15-10-14(15)13-7-5-6-8-16(13)23-4/h5-8,11,14-15H,9-10H2,1-4H3,(H,21,22)/t14-,15+/m1/s1. The number of nitrogens with zero attached hydrogens (tertiary/aromatic N) is 1. The van der Waals surface area contributed by atoms with Crippen molar-refractivity contribution in [2.75, 3.05) is 7.11 Å². The molecule has 2 atom stereocenters. The number of benzene rings is 1. The third kappa shape index (κ3) is 3.78. The molecular weight excluding hydrogens is 320 g/mol. The van der Waals surface area contributed by atoms with Crippen LogP contribution in [0.25, 0.3) is 0 Å². The summed E-state index contributed by atoms with van der Waals surface area (Å²) < 4.78 is 5.41. The molecule has 0 aliphatic heterocycles. The summed E-state index contributed by atoms with van der Waals surface area (Å²) in [5.74, 6) is 1.29. The molecule has 1 heterocycles. The second-order valence-corrected chi connectivity index (χ2v) is 8.19. The first-order valence-corrected chi connectivity index (χ1v) is 9.13. The number of carbonyl (C=O) groups is 1. The predicted octanol–water partition coefficient (Wildman–Crippen LogP) is 3.66. The molecule has 24 heavy (non-hydrogen) atoms. The summed E-state index contributed by atoms with van der Waals surface area (Å²) >= 11 is 1.63. The molecule has 1 fully saturated rings. The summed E-state index contributed by atoms with van der Waals surface area (Å²) in [6, 6.07) is 8.22. The Labute approximate surface area is 147 Å². The van der Waals surface area contributed by atoms with Gasteiger partial charge in [0.2, 0.25) is 5.91 Å². The van der Waals surface area contributed by atoms with Crippen molar-refractivity contribution in [2.45, 2.75) is 51.0 Å². The average Bonchev–Trinajstić information content (AvgIpc) is 3.10. The van der Waals surface area contributed by atoms with E-state index < -0.39 is 0 Å². The van der Waals surface area contributed by atoms with Gasteiger partial charge in [-0.3, -0.25) is 4.79 Å². The van der Waals surface area contributed by atoms with Gasteiger partial charge in [-0.1, -0.05) is 39.0 Å². The van der Waals surface area contributed by atoms with Gasteiger partial charge in [0.25, 0.3) is 0 Å². The molecule has 128 valence electrons. The molecule has 0 saturated heterocycles. The smallest absolute Gasteiger partial charge is 0.226 e. The number of thiazole rings is 1. The fourth-order valence-electron chi connectivity index (χ4n) is 2.83. The van der Waals surface area contributed by atoms with E-state index in [2.05, 4.69) is 37.1 Å². The van der Waals surface area contributed by atoms with E-state index in [1.807, 2.05) is 23.6 Å². The Bertz CT molecular complexity index is 733. The molecule has 1 aromatic carbocycles. The summed E-state index contributed by atoms with van der Waals surface area (Å²) in [4.78, 5) is 16.9. The zero-order valence-electron chi connectivity index (χ0n) is 14.6. The average molecular weight is 344 g/mol. The number of carbonyl (C=O) groups excluding carboxylic acids is 1. The van der Waals surface area contributed by atoms with E-state index in [1.165, 1.54) is 5.56 Å². The Morgan fingerprint density at radius 2 is 2.12 bits per heavy atom. The van der Waals surface area contributed by atoms with Crippen LogP contribution < -0.4 is 10.1 Å². The van der Waals surface area contributed by atoms with Gasteiger partial charge >= 0.3 is 0 Å². The maximum absolute atomic E-state index is 12.3. The fraction of sp³-hybridized carbons (Fsp3) is 0.474. The molecule has 5 heteroatoms. The van der Waals surface area contributed by atoms with E-state index in [1.54, 1.807) is 18.4 Å². The van der Waals surface area contributed by atoms with Gasteiger partial charge in [-0.15, -0.1) is 11.3 Å². The molecule has 1 aromatic heterocycles. The van der Waals surface area contributed by atoms with Crippen molar-refractivity contribution >= 4 is 17.2 Å². The van der Waals surface area contributed by atoms with Crippen LogP contribution in [0.5, 0.6) is 5.75 Å². The highest BCUT2D eigenvalue weighted by molar-refractivity contribution is 7.09. The third-order valence-corrected chi connectivity index (χ3v) is 5.53. The number of rotatable bonds is 5. The lowest BCUT2D eigenvalue weighted by atomic mass is 9.98. The number of hydrogen-bond donors (Lipinski definition) is 1. The van der Waals surface area contributed by atoms with E-state index in [4.69, 9.17) is 4.74 Å². The normalized spacial score (nSPS) is 19.8. The van der Waals surface area contributed by atoms with Crippen LogP contribution in [-0.2, 0) is 16.6 Å². The zero-order valence-corrected chi connectivity index (χ0v) is 15.4. The lowest BCUT2D eigenvalue weighted by Gasteiger charge is -2.13. The Hall–Kier alpha value is -1.88. The van der Waals surface area contributed by atoms with Crippen LogP contribution >= 0.6 is 11.3 Å². The number of para-hydroxylation sites is 1. The monoisotopic (exact) mass is 344 g/mol. The highest BCUT2D eigenvalue weighted by Gasteiger charge is 2.41. The number of hydrogen-bond acceptors (Lipinski definition) is 4. The van der Waals surface area contributed by atoms with Crippen molar-refractivity contribution in [1.82, 2.24) is 10.3 Å². The largest absolute Gasteiger partial charge is 0.496 e. The summed E-state index contributed by atoms with van der Waals surface area (Å²) in [5.41, 5.74) is 2.07. The van der Waals surface area contributed by atoms with Crippen LogP contribution in [0.3, 0.4) is 0 Å². The number of methoxy groups -OCH3 is 1. The lowest BCUT2D eigenvalue weighted by molar-refractivity contribution is -0.120. The van der Waals surface area contributed by atoms with Gasteiger partial charge in [0, 0.05) is 22.8 Å². The van der Waals surface area contributed by atoms with Crippen molar-refractivity contribution in [3.8, 4) is 5.75 Å². The fourth-order valence-corrected chi connectivity index (χ4v) is 3.73. The maximum atomic E-state index is 12.3.